The van der Waals surface area contributed by atoms with Crippen LogP contribution in [0.25, 0.3) is 0 Å². The van der Waals surface area contributed by atoms with Crippen molar-refractivity contribution in [1.82, 2.24) is 0 Å². The molecule has 1 fully saturated rings. The van der Waals surface area contributed by atoms with E-state index in [-0.39, 0.29) is 11.7 Å². The number of nitrogens with zero attached hydrogens (tertiary/aromatic N) is 1. The molecule has 106 valence electrons. The summed E-state index contributed by atoms with van der Waals surface area (Å²) >= 11 is 0.785. The number of rotatable bonds is 5. The molecule has 2 N–H and O–H groups in total. The third kappa shape index (κ3) is 4.71. The summed E-state index contributed by atoms with van der Waals surface area (Å²) in [4.78, 5) is 0. The van der Waals surface area contributed by atoms with Crippen molar-refractivity contribution in [2.24, 2.45) is 5.92 Å². The first-order valence-electron chi connectivity index (χ1n) is 5.19. The zero-order valence-electron chi connectivity index (χ0n) is 9.63. The maximum Gasteiger partial charge on any atom is 0.268 e. The van der Waals surface area contributed by atoms with Gasteiger partial charge in [0.15, 0.2) is 6.21 Å². The molecular weight excluding hydrogens is 286 g/mol. The Bertz CT molecular complexity index is 392. The first-order chi connectivity index (χ1) is 8.34. The quantitative estimate of drug-likeness (QED) is 0.145. The van der Waals surface area contributed by atoms with Gasteiger partial charge in [-0.15, -0.1) is 4.33 Å². The molecule has 0 radical (unpaired) electrons. The van der Waals surface area contributed by atoms with Crippen LogP contribution in [0, 0.1) is 11.1 Å². The highest BCUT2D eigenvalue weighted by Gasteiger charge is 2.39. The first-order valence-corrected chi connectivity index (χ1v) is 7.50. The molecule has 0 aromatic heterocycles. The molecule has 1 aliphatic rings. The van der Waals surface area contributed by atoms with Gasteiger partial charge in [0.2, 0.25) is 0 Å². The van der Waals surface area contributed by atoms with Crippen molar-refractivity contribution >= 4 is 28.4 Å². The number of hydrogen-bond acceptors (Lipinski definition) is 7. The average Bonchev–Trinajstić information content (AvgIpc) is 2.25. The summed E-state index contributed by atoms with van der Waals surface area (Å²) in [7, 11) is -2.99. The van der Waals surface area contributed by atoms with Crippen molar-refractivity contribution in [2.45, 2.75) is 29.8 Å². The molecule has 8 nitrogen and oxygen atoms in total. The lowest BCUT2D eigenvalue weighted by atomic mass is 9.89. The van der Waals surface area contributed by atoms with Crippen molar-refractivity contribution in [3.8, 4) is 0 Å². The van der Waals surface area contributed by atoms with Gasteiger partial charge in [-0.2, -0.15) is 8.42 Å². The highest BCUT2D eigenvalue weighted by molar-refractivity contribution is 7.95. The zero-order chi connectivity index (χ0) is 13.8. The summed E-state index contributed by atoms with van der Waals surface area (Å²) in [5.74, 6) is -0.533. The molecule has 1 rings (SSSR count). The molecule has 18 heavy (non-hydrogen) atoms. The van der Waals surface area contributed by atoms with E-state index in [0.29, 0.717) is 17.6 Å². The number of hydroxylamine groups is 1. The maximum atomic E-state index is 11.3. The topological polar surface area (TPSA) is 119 Å². The molecule has 3 atom stereocenters. The van der Waals surface area contributed by atoms with Gasteiger partial charge in [0.05, 0.1) is 11.2 Å². The van der Waals surface area contributed by atoms with Gasteiger partial charge < -0.3 is 5.21 Å². The Hall–Kier alpha value is -0.390. The summed E-state index contributed by atoms with van der Waals surface area (Å²) in [6.45, 7) is 0. The van der Waals surface area contributed by atoms with E-state index < -0.39 is 21.3 Å². The summed E-state index contributed by atoms with van der Waals surface area (Å²) in [5.41, 5.74) is 0. The Balaban J connectivity index is 2.77. The molecule has 0 spiro atoms. The van der Waals surface area contributed by atoms with E-state index in [0.717, 1.165) is 12.0 Å². The van der Waals surface area contributed by atoms with E-state index in [1.54, 1.807) is 0 Å². The second kappa shape index (κ2) is 6.68. The van der Waals surface area contributed by atoms with E-state index in [1.807, 2.05) is 0 Å². The first kappa shape index (κ1) is 15.7. The summed E-state index contributed by atoms with van der Waals surface area (Å²) < 4.78 is 36.5. The lowest BCUT2D eigenvalue weighted by Gasteiger charge is -2.29. The Morgan fingerprint density at radius 1 is 1.50 bits per heavy atom. The van der Waals surface area contributed by atoms with Crippen LogP contribution in [0.2, 0.25) is 0 Å². The summed E-state index contributed by atoms with van der Waals surface area (Å²) in [5, 5.41) is 21.1. The van der Waals surface area contributed by atoms with Crippen molar-refractivity contribution in [2.75, 3.05) is 7.05 Å². The van der Waals surface area contributed by atoms with E-state index in [9.17, 15) is 13.6 Å². The van der Waals surface area contributed by atoms with Crippen LogP contribution < -0.4 is 0 Å². The van der Waals surface area contributed by atoms with Crippen LogP contribution in [0.3, 0.4) is 0 Å². The minimum absolute atomic E-state index is 0.113. The van der Waals surface area contributed by atoms with Gasteiger partial charge in [-0.25, -0.2) is 10.00 Å². The van der Waals surface area contributed by atoms with Crippen LogP contribution in [0.5, 0.6) is 0 Å². The highest BCUT2D eigenvalue weighted by atomic mass is 32.2. The second-order valence-electron chi connectivity index (χ2n) is 4.09. The molecule has 0 heterocycles. The lowest BCUT2D eigenvalue weighted by molar-refractivity contribution is -0.432. The Morgan fingerprint density at radius 3 is 2.67 bits per heavy atom. The van der Waals surface area contributed by atoms with Crippen molar-refractivity contribution in [1.29, 1.82) is 0 Å². The van der Waals surface area contributed by atoms with Gasteiger partial charge >= 0.3 is 0 Å². The molecule has 3 unspecified atom stereocenters. The number of hydrogen-bond donors (Lipinski definition) is 2. The molecule has 1 saturated carbocycles. The fourth-order valence-corrected chi connectivity index (χ4v) is 3.97. The minimum Gasteiger partial charge on any atom is -0.624 e. The van der Waals surface area contributed by atoms with Gasteiger partial charge in [-0.3, -0.25) is 4.55 Å². The molecule has 0 aromatic carbocycles. The normalized spacial score (nSPS) is 30.4. The highest BCUT2D eigenvalue weighted by Crippen LogP contribution is 2.35. The third-order valence-electron chi connectivity index (χ3n) is 2.78. The van der Waals surface area contributed by atoms with Gasteiger partial charge in [0, 0.05) is 17.3 Å². The van der Waals surface area contributed by atoms with E-state index >= 15 is 0 Å². The van der Waals surface area contributed by atoms with Gasteiger partial charge in [0.1, 0.15) is 7.05 Å². The fourth-order valence-electron chi connectivity index (χ4n) is 2.06. The van der Waals surface area contributed by atoms with E-state index in [4.69, 9.17) is 9.81 Å². The lowest BCUT2D eigenvalue weighted by Crippen LogP contribution is -2.38. The average molecular weight is 301 g/mol. The smallest absolute Gasteiger partial charge is 0.268 e. The molecule has 1 aliphatic carbocycles. The molecule has 0 aliphatic heterocycles. The Labute approximate surface area is 109 Å². The predicted molar refractivity (Wildman–Crippen MR) is 64.5 cm³/mol. The Morgan fingerprint density at radius 2 is 2.17 bits per heavy atom. The molecule has 0 bridgehead atoms. The van der Waals surface area contributed by atoms with Crippen LogP contribution in [-0.4, -0.2) is 46.7 Å². The van der Waals surface area contributed by atoms with Gasteiger partial charge in [-0.1, -0.05) is 5.04 Å². The van der Waals surface area contributed by atoms with Crippen LogP contribution in [0.4, 0.5) is 0 Å². The molecule has 10 heteroatoms. The SMILES string of the molecule is C[N+]([O-])=CC1CCC(SOOO)CC1S(=O)(=O)O. The van der Waals surface area contributed by atoms with E-state index in [2.05, 4.69) is 9.37 Å². The van der Waals surface area contributed by atoms with Crippen LogP contribution in [0.1, 0.15) is 19.3 Å². The molecular formula is C8H15NO7S2. The molecule has 0 amide bonds. The van der Waals surface area contributed by atoms with Crippen LogP contribution in [-0.2, 0) is 19.5 Å². The van der Waals surface area contributed by atoms with Gasteiger partial charge in [-0.05, 0) is 19.3 Å². The maximum absolute atomic E-state index is 11.3. The zero-order valence-corrected chi connectivity index (χ0v) is 11.3. The standard InChI is InChI=1S/C8H15NO7S2/c1-9(10)5-6-2-3-7(17-16-15-11)4-8(6)18(12,13)14/h5-8,11H,2-4H2,1H3,(H,12,13,14). The third-order valence-corrected chi connectivity index (χ3v) is 4.93. The second-order valence-corrected chi connectivity index (χ2v) is 6.72. The van der Waals surface area contributed by atoms with Crippen LogP contribution >= 0.6 is 12.0 Å². The van der Waals surface area contributed by atoms with Crippen molar-refractivity contribution < 1.29 is 32.3 Å². The van der Waals surface area contributed by atoms with Crippen molar-refractivity contribution in [3.05, 3.63) is 5.21 Å². The van der Waals surface area contributed by atoms with E-state index in [1.165, 1.54) is 13.3 Å². The monoisotopic (exact) mass is 301 g/mol. The van der Waals surface area contributed by atoms with Crippen LogP contribution in [0.15, 0.2) is 0 Å². The van der Waals surface area contributed by atoms with Crippen molar-refractivity contribution in [3.63, 3.8) is 0 Å². The molecule has 0 saturated heterocycles. The molecule has 0 aromatic rings. The Kier molecular flexibility index (Phi) is 5.82. The largest absolute Gasteiger partial charge is 0.624 e. The summed E-state index contributed by atoms with van der Waals surface area (Å²) in [6.07, 6.45) is 2.35. The fraction of sp³-hybridized carbons (Fsp3) is 0.875. The summed E-state index contributed by atoms with van der Waals surface area (Å²) in [6, 6.07) is 0. The van der Waals surface area contributed by atoms with Gasteiger partial charge in [0.25, 0.3) is 10.1 Å². The minimum atomic E-state index is -4.25. The predicted octanol–water partition coefficient (Wildman–Crippen LogP) is 0.692.